The van der Waals surface area contributed by atoms with E-state index in [1.165, 1.54) is 36.6 Å². The number of carbonyl (C=O) groups is 2. The summed E-state index contributed by atoms with van der Waals surface area (Å²) in [6, 6.07) is 2.11. The molecular formula is C13H12Cl2N4O3. The van der Waals surface area contributed by atoms with Gasteiger partial charge in [-0.2, -0.15) is 5.10 Å². The van der Waals surface area contributed by atoms with E-state index in [-0.39, 0.29) is 21.3 Å². The Morgan fingerprint density at radius 3 is 2.59 bits per heavy atom. The van der Waals surface area contributed by atoms with Gasteiger partial charge in [0.05, 0.1) is 28.4 Å². The lowest BCUT2D eigenvalue weighted by Gasteiger charge is -2.15. The maximum Gasteiger partial charge on any atom is 0.340 e. The van der Waals surface area contributed by atoms with Gasteiger partial charge in [0.25, 0.3) is 0 Å². The molecule has 1 N–H and O–H groups in total. The lowest BCUT2D eigenvalue weighted by molar-refractivity contribution is -0.119. The quantitative estimate of drug-likeness (QED) is 0.863. The molecule has 1 heterocycles. The van der Waals surface area contributed by atoms with Crippen LogP contribution in [-0.2, 0) is 9.53 Å². The summed E-state index contributed by atoms with van der Waals surface area (Å²) in [6.07, 6.45) is 2.74. The average Bonchev–Trinajstić information content (AvgIpc) is 3.03. The molecule has 1 aromatic carbocycles. The fourth-order valence-corrected chi connectivity index (χ4v) is 2.03. The zero-order chi connectivity index (χ0) is 16.3. The number of hydrogen-bond donors (Lipinski definition) is 1. The van der Waals surface area contributed by atoms with E-state index in [9.17, 15) is 9.59 Å². The normalized spacial score (nSPS) is 11.8. The van der Waals surface area contributed by atoms with Crippen LogP contribution in [-0.4, -0.2) is 33.8 Å². The molecule has 0 bridgehead atoms. The third kappa shape index (κ3) is 3.37. The lowest BCUT2D eigenvalue weighted by atomic mass is 10.1. The van der Waals surface area contributed by atoms with Gasteiger partial charge in [-0.15, -0.1) is 0 Å². The maximum absolute atomic E-state index is 12.2. The number of hydrogen-bond acceptors (Lipinski definition) is 5. The summed E-state index contributed by atoms with van der Waals surface area (Å²) < 4.78 is 6.05. The van der Waals surface area contributed by atoms with Gasteiger partial charge in [0.1, 0.15) is 18.7 Å². The van der Waals surface area contributed by atoms with E-state index in [0.29, 0.717) is 0 Å². The molecule has 0 radical (unpaired) electrons. The Bertz CT molecular complexity index is 704. The molecule has 0 saturated carbocycles. The predicted octanol–water partition coefficient (Wildman–Crippen LogP) is 2.57. The Morgan fingerprint density at radius 2 is 2.00 bits per heavy atom. The minimum Gasteiger partial charge on any atom is -0.465 e. The van der Waals surface area contributed by atoms with Crippen molar-refractivity contribution in [3.63, 3.8) is 0 Å². The Hall–Kier alpha value is -2.12. The monoisotopic (exact) mass is 342 g/mol. The highest BCUT2D eigenvalue weighted by Gasteiger charge is 2.20. The van der Waals surface area contributed by atoms with Crippen molar-refractivity contribution in [1.29, 1.82) is 0 Å². The van der Waals surface area contributed by atoms with Gasteiger partial charge >= 0.3 is 5.97 Å². The van der Waals surface area contributed by atoms with Crippen molar-refractivity contribution in [3.8, 4) is 0 Å². The van der Waals surface area contributed by atoms with Crippen LogP contribution in [0.5, 0.6) is 0 Å². The van der Waals surface area contributed by atoms with E-state index >= 15 is 0 Å². The molecule has 0 spiro atoms. The molecule has 0 aliphatic heterocycles. The number of rotatable bonds is 4. The molecule has 1 amide bonds. The molecule has 22 heavy (non-hydrogen) atoms. The third-order valence-electron chi connectivity index (χ3n) is 2.94. The van der Waals surface area contributed by atoms with Crippen LogP contribution in [0.2, 0.25) is 10.0 Å². The number of nitrogens with one attached hydrogen (secondary N) is 1. The highest BCUT2D eigenvalue weighted by atomic mass is 35.5. The summed E-state index contributed by atoms with van der Waals surface area (Å²) in [4.78, 5) is 27.8. The third-order valence-corrected chi connectivity index (χ3v) is 3.66. The number of amides is 1. The van der Waals surface area contributed by atoms with Crippen molar-refractivity contribution in [3.05, 3.63) is 40.4 Å². The second-order valence-corrected chi connectivity index (χ2v) is 5.16. The topological polar surface area (TPSA) is 86.1 Å². The van der Waals surface area contributed by atoms with Crippen LogP contribution in [0, 0.1) is 0 Å². The number of anilines is 1. The second-order valence-electron chi connectivity index (χ2n) is 4.34. The first-order valence-electron chi connectivity index (χ1n) is 6.16. The summed E-state index contributed by atoms with van der Waals surface area (Å²) in [7, 11) is 1.23. The largest absolute Gasteiger partial charge is 0.465 e. The molecule has 9 heteroatoms. The standard InChI is InChI=1S/C13H12Cl2N4O3/c1-7(19-6-16-5-17-19)12(20)18-11-4-10(15)9(14)3-8(11)13(21)22-2/h3-7H,1-2H3,(H,18,20)/t7-/m1/s1. The van der Waals surface area contributed by atoms with Crippen LogP contribution < -0.4 is 5.32 Å². The number of nitrogens with zero attached hydrogens (tertiary/aromatic N) is 3. The van der Waals surface area contributed by atoms with Gasteiger partial charge in [0.2, 0.25) is 5.91 Å². The van der Waals surface area contributed by atoms with Crippen LogP contribution in [0.3, 0.4) is 0 Å². The molecule has 0 unspecified atom stereocenters. The number of ether oxygens (including phenoxy) is 1. The molecule has 0 aliphatic carbocycles. The van der Waals surface area contributed by atoms with E-state index in [2.05, 4.69) is 20.1 Å². The molecule has 2 aromatic rings. The molecule has 1 atom stereocenters. The molecule has 116 valence electrons. The summed E-state index contributed by atoms with van der Waals surface area (Å²) >= 11 is 11.8. The van der Waals surface area contributed by atoms with Crippen molar-refractivity contribution in [1.82, 2.24) is 14.8 Å². The van der Waals surface area contributed by atoms with Crippen molar-refractivity contribution in [2.75, 3.05) is 12.4 Å². The number of halogens is 2. The van der Waals surface area contributed by atoms with Gasteiger partial charge in [-0.3, -0.25) is 4.79 Å². The minimum atomic E-state index is -0.637. The first-order chi connectivity index (χ1) is 10.4. The number of benzene rings is 1. The Morgan fingerprint density at radius 1 is 1.32 bits per heavy atom. The summed E-state index contributed by atoms with van der Waals surface area (Å²) in [5.41, 5.74) is 0.314. The molecular weight excluding hydrogens is 331 g/mol. The lowest BCUT2D eigenvalue weighted by Crippen LogP contribution is -2.25. The molecule has 0 aliphatic rings. The van der Waals surface area contributed by atoms with Crippen LogP contribution >= 0.6 is 23.2 Å². The minimum absolute atomic E-state index is 0.107. The maximum atomic E-state index is 12.2. The smallest absolute Gasteiger partial charge is 0.340 e. The fraction of sp³-hybridized carbons (Fsp3) is 0.231. The van der Waals surface area contributed by atoms with Gasteiger partial charge in [-0.25, -0.2) is 14.5 Å². The van der Waals surface area contributed by atoms with Crippen molar-refractivity contribution >= 4 is 40.8 Å². The van der Waals surface area contributed by atoms with Gasteiger partial charge in [0.15, 0.2) is 0 Å². The van der Waals surface area contributed by atoms with E-state index in [1.54, 1.807) is 6.92 Å². The summed E-state index contributed by atoms with van der Waals surface area (Å²) in [6.45, 7) is 1.64. The highest BCUT2D eigenvalue weighted by molar-refractivity contribution is 6.42. The first kappa shape index (κ1) is 16.3. The predicted molar refractivity (Wildman–Crippen MR) is 81.2 cm³/mol. The number of esters is 1. The van der Waals surface area contributed by atoms with Gasteiger partial charge in [-0.1, -0.05) is 23.2 Å². The van der Waals surface area contributed by atoms with Crippen molar-refractivity contribution in [2.24, 2.45) is 0 Å². The Labute approximate surface area is 136 Å². The zero-order valence-corrected chi connectivity index (χ0v) is 13.2. The number of methoxy groups -OCH3 is 1. The van der Waals surface area contributed by atoms with Gasteiger partial charge in [-0.05, 0) is 19.1 Å². The Balaban J connectivity index is 2.30. The Kier molecular flexibility index (Phi) is 4.99. The molecule has 2 rings (SSSR count). The van der Waals surface area contributed by atoms with Gasteiger partial charge < -0.3 is 10.1 Å². The van der Waals surface area contributed by atoms with Crippen LogP contribution in [0.1, 0.15) is 23.3 Å². The zero-order valence-electron chi connectivity index (χ0n) is 11.7. The van der Waals surface area contributed by atoms with E-state index in [4.69, 9.17) is 23.2 Å². The summed E-state index contributed by atoms with van der Waals surface area (Å²) in [5.74, 6) is -1.03. The SMILES string of the molecule is COC(=O)c1cc(Cl)c(Cl)cc1NC(=O)[C@@H](C)n1cncn1. The molecule has 0 saturated heterocycles. The van der Waals surface area contributed by atoms with Crippen LogP contribution in [0.25, 0.3) is 0 Å². The fourth-order valence-electron chi connectivity index (χ4n) is 1.70. The molecule has 0 fully saturated rings. The molecule has 7 nitrogen and oxygen atoms in total. The van der Waals surface area contributed by atoms with Crippen molar-refractivity contribution in [2.45, 2.75) is 13.0 Å². The van der Waals surface area contributed by atoms with Crippen LogP contribution in [0.4, 0.5) is 5.69 Å². The number of aromatic nitrogens is 3. The van der Waals surface area contributed by atoms with Crippen LogP contribution in [0.15, 0.2) is 24.8 Å². The number of carbonyl (C=O) groups excluding carboxylic acids is 2. The van der Waals surface area contributed by atoms with E-state index in [0.717, 1.165) is 0 Å². The highest BCUT2D eigenvalue weighted by Crippen LogP contribution is 2.30. The second kappa shape index (κ2) is 6.76. The molecule has 1 aromatic heterocycles. The summed E-state index contributed by atoms with van der Waals surface area (Å²) in [5, 5.41) is 6.89. The van der Waals surface area contributed by atoms with E-state index < -0.39 is 17.9 Å². The average molecular weight is 343 g/mol. The van der Waals surface area contributed by atoms with Crippen molar-refractivity contribution < 1.29 is 14.3 Å². The first-order valence-corrected chi connectivity index (χ1v) is 6.92. The van der Waals surface area contributed by atoms with E-state index in [1.807, 2.05) is 0 Å². The van der Waals surface area contributed by atoms with Gasteiger partial charge in [0, 0.05) is 0 Å².